The highest BCUT2D eigenvalue weighted by Gasteiger charge is 2.43. The molecular formula is C25H19NO3. The van der Waals surface area contributed by atoms with Crippen LogP contribution in [0.15, 0.2) is 82.0 Å². The van der Waals surface area contributed by atoms with Crippen molar-refractivity contribution < 1.29 is 9.21 Å². The molecule has 0 saturated heterocycles. The van der Waals surface area contributed by atoms with E-state index in [1.807, 2.05) is 68.4 Å². The van der Waals surface area contributed by atoms with E-state index in [0.717, 1.165) is 22.4 Å². The van der Waals surface area contributed by atoms with E-state index in [-0.39, 0.29) is 17.1 Å². The van der Waals surface area contributed by atoms with Crippen LogP contribution in [0.5, 0.6) is 0 Å². The number of carbonyl (C=O) groups is 1. The molecule has 1 amide bonds. The van der Waals surface area contributed by atoms with Gasteiger partial charge in [0.1, 0.15) is 5.58 Å². The number of benzene rings is 3. The molecule has 4 nitrogen and oxygen atoms in total. The van der Waals surface area contributed by atoms with E-state index in [1.165, 1.54) is 0 Å². The Labute approximate surface area is 168 Å². The van der Waals surface area contributed by atoms with Crippen molar-refractivity contribution >= 4 is 22.6 Å². The van der Waals surface area contributed by atoms with E-state index in [2.05, 4.69) is 0 Å². The minimum Gasteiger partial charge on any atom is -0.450 e. The highest BCUT2D eigenvalue weighted by molar-refractivity contribution is 6.10. The van der Waals surface area contributed by atoms with Gasteiger partial charge < -0.3 is 4.42 Å². The summed E-state index contributed by atoms with van der Waals surface area (Å²) >= 11 is 0. The first kappa shape index (κ1) is 17.4. The third-order valence-corrected chi connectivity index (χ3v) is 5.45. The van der Waals surface area contributed by atoms with E-state index in [9.17, 15) is 9.59 Å². The van der Waals surface area contributed by atoms with Crippen LogP contribution in [-0.2, 0) is 0 Å². The summed E-state index contributed by atoms with van der Waals surface area (Å²) in [5.41, 5.74) is 4.46. The normalized spacial score (nSPS) is 15.7. The lowest BCUT2D eigenvalue weighted by Crippen LogP contribution is -2.29. The molecule has 1 unspecified atom stereocenters. The summed E-state index contributed by atoms with van der Waals surface area (Å²) < 4.78 is 5.96. The molecule has 0 spiro atoms. The van der Waals surface area contributed by atoms with Crippen molar-refractivity contribution in [3.8, 4) is 0 Å². The van der Waals surface area contributed by atoms with Gasteiger partial charge in [-0.15, -0.1) is 0 Å². The van der Waals surface area contributed by atoms with Crippen molar-refractivity contribution in [3.05, 3.63) is 111 Å². The highest BCUT2D eigenvalue weighted by Crippen LogP contribution is 2.41. The van der Waals surface area contributed by atoms with Gasteiger partial charge in [-0.1, -0.05) is 54.1 Å². The predicted octanol–water partition coefficient (Wildman–Crippen LogP) is 5.16. The first-order valence-corrected chi connectivity index (χ1v) is 9.57. The molecule has 1 aromatic heterocycles. The van der Waals surface area contributed by atoms with Gasteiger partial charge >= 0.3 is 0 Å². The highest BCUT2D eigenvalue weighted by atomic mass is 16.3. The number of anilines is 1. The first-order valence-electron chi connectivity index (χ1n) is 9.57. The summed E-state index contributed by atoms with van der Waals surface area (Å²) in [4.78, 5) is 28.5. The van der Waals surface area contributed by atoms with Crippen LogP contribution < -0.4 is 10.3 Å². The van der Waals surface area contributed by atoms with Gasteiger partial charge in [0, 0.05) is 5.69 Å². The van der Waals surface area contributed by atoms with Gasteiger partial charge in [-0.05, 0) is 49.2 Å². The Hall–Kier alpha value is -3.66. The molecule has 0 radical (unpaired) electrons. The van der Waals surface area contributed by atoms with Gasteiger partial charge in [0.2, 0.25) is 5.76 Å². The quantitative estimate of drug-likeness (QED) is 0.482. The van der Waals surface area contributed by atoms with Crippen LogP contribution in [0.25, 0.3) is 11.0 Å². The topological polar surface area (TPSA) is 50.5 Å². The molecule has 0 fully saturated rings. The Morgan fingerprint density at radius 2 is 1.59 bits per heavy atom. The van der Waals surface area contributed by atoms with E-state index in [0.29, 0.717) is 16.5 Å². The van der Waals surface area contributed by atoms with E-state index >= 15 is 0 Å². The van der Waals surface area contributed by atoms with Crippen LogP contribution in [0.4, 0.5) is 5.69 Å². The van der Waals surface area contributed by atoms with Gasteiger partial charge in [-0.2, -0.15) is 0 Å². The fourth-order valence-electron chi connectivity index (χ4n) is 4.03. The molecule has 0 N–H and O–H groups in total. The van der Waals surface area contributed by atoms with E-state index in [1.54, 1.807) is 23.1 Å². The van der Waals surface area contributed by atoms with Crippen LogP contribution in [-0.4, -0.2) is 5.91 Å². The molecule has 0 saturated carbocycles. The molecule has 0 bridgehead atoms. The average molecular weight is 381 g/mol. The zero-order valence-corrected chi connectivity index (χ0v) is 16.2. The van der Waals surface area contributed by atoms with E-state index in [4.69, 9.17) is 4.42 Å². The Balaban J connectivity index is 1.82. The number of fused-ring (bicyclic) bond motifs is 2. The fourth-order valence-corrected chi connectivity index (χ4v) is 4.03. The van der Waals surface area contributed by atoms with Crippen LogP contribution in [0.1, 0.15) is 38.9 Å². The molecule has 1 aliphatic heterocycles. The van der Waals surface area contributed by atoms with Gasteiger partial charge in [-0.3, -0.25) is 14.5 Å². The number of aryl methyl sites for hydroxylation is 2. The Kier molecular flexibility index (Phi) is 3.88. The van der Waals surface area contributed by atoms with Crippen molar-refractivity contribution in [2.75, 3.05) is 4.90 Å². The van der Waals surface area contributed by atoms with Crippen molar-refractivity contribution in [3.63, 3.8) is 0 Å². The Morgan fingerprint density at radius 1 is 0.828 bits per heavy atom. The molecule has 4 heteroatoms. The monoisotopic (exact) mass is 381 g/mol. The molecule has 3 aromatic carbocycles. The second-order valence-electron chi connectivity index (χ2n) is 7.50. The van der Waals surface area contributed by atoms with Crippen LogP contribution in [0.3, 0.4) is 0 Å². The molecule has 4 aromatic rings. The second kappa shape index (κ2) is 6.45. The number of para-hydroxylation sites is 1. The maximum absolute atomic E-state index is 13.4. The van der Waals surface area contributed by atoms with Gasteiger partial charge in [0.25, 0.3) is 5.91 Å². The maximum Gasteiger partial charge on any atom is 0.295 e. The largest absolute Gasteiger partial charge is 0.450 e. The van der Waals surface area contributed by atoms with Crippen molar-refractivity contribution in [1.29, 1.82) is 0 Å². The summed E-state index contributed by atoms with van der Waals surface area (Å²) in [5.74, 6) is -0.167. The van der Waals surface area contributed by atoms with Crippen LogP contribution in [0.2, 0.25) is 0 Å². The predicted molar refractivity (Wildman–Crippen MR) is 113 cm³/mol. The lowest BCUT2D eigenvalue weighted by Gasteiger charge is -2.25. The third kappa shape index (κ3) is 2.68. The molecule has 5 rings (SSSR count). The minimum atomic E-state index is -0.527. The standard InChI is InChI=1S/C25H19NO3/c1-15-10-12-17(13-11-15)22-21-23(27)19-8-3-4-9-20(19)29-24(21)25(28)26(22)18-7-5-6-16(2)14-18/h3-14,22H,1-2H3. The van der Waals surface area contributed by atoms with Crippen molar-refractivity contribution in [2.45, 2.75) is 19.9 Å². The maximum atomic E-state index is 13.4. The molecule has 2 heterocycles. The zero-order valence-electron chi connectivity index (χ0n) is 16.2. The van der Waals surface area contributed by atoms with Crippen molar-refractivity contribution in [1.82, 2.24) is 0 Å². The Morgan fingerprint density at radius 3 is 2.34 bits per heavy atom. The third-order valence-electron chi connectivity index (χ3n) is 5.45. The summed E-state index contributed by atoms with van der Waals surface area (Å²) in [6, 6.07) is 22.2. The summed E-state index contributed by atoms with van der Waals surface area (Å²) in [6.07, 6.45) is 0. The first-order chi connectivity index (χ1) is 14.0. The minimum absolute atomic E-state index is 0.126. The second-order valence-corrected chi connectivity index (χ2v) is 7.50. The number of hydrogen-bond donors (Lipinski definition) is 0. The molecular weight excluding hydrogens is 362 g/mol. The number of nitrogens with zero attached hydrogens (tertiary/aromatic N) is 1. The van der Waals surface area contributed by atoms with Gasteiger partial charge in [0.05, 0.1) is 17.0 Å². The number of carbonyl (C=O) groups excluding carboxylic acids is 1. The summed E-state index contributed by atoms with van der Waals surface area (Å²) in [6.45, 7) is 3.99. The lowest BCUT2D eigenvalue weighted by atomic mass is 9.97. The molecule has 1 atom stereocenters. The molecule has 0 aliphatic carbocycles. The summed E-state index contributed by atoms with van der Waals surface area (Å²) in [5, 5.41) is 0.488. The summed E-state index contributed by atoms with van der Waals surface area (Å²) in [7, 11) is 0. The zero-order chi connectivity index (χ0) is 20.1. The number of amides is 1. The SMILES string of the molecule is Cc1ccc(C2c3c(oc4ccccc4c3=O)C(=O)N2c2cccc(C)c2)cc1. The molecule has 1 aliphatic rings. The van der Waals surface area contributed by atoms with Crippen molar-refractivity contribution in [2.24, 2.45) is 0 Å². The number of hydrogen-bond acceptors (Lipinski definition) is 3. The Bertz CT molecular complexity index is 1320. The smallest absolute Gasteiger partial charge is 0.295 e. The van der Waals surface area contributed by atoms with Crippen LogP contribution >= 0.6 is 0 Å². The molecule has 142 valence electrons. The van der Waals surface area contributed by atoms with Gasteiger partial charge in [-0.25, -0.2) is 0 Å². The average Bonchev–Trinajstić information content (AvgIpc) is 3.02. The lowest BCUT2D eigenvalue weighted by molar-refractivity contribution is 0.0971. The fraction of sp³-hybridized carbons (Fsp3) is 0.120. The van der Waals surface area contributed by atoms with Gasteiger partial charge in [0.15, 0.2) is 5.43 Å². The molecule has 29 heavy (non-hydrogen) atoms. The van der Waals surface area contributed by atoms with Crippen LogP contribution in [0, 0.1) is 13.8 Å². The van der Waals surface area contributed by atoms with E-state index < -0.39 is 6.04 Å². The number of rotatable bonds is 2.